The van der Waals surface area contributed by atoms with Crippen LogP contribution in [-0.2, 0) is 0 Å². The fraction of sp³-hybridized carbons (Fsp3) is 0.0909. The molecule has 0 amide bonds. The number of hydrogen-bond donors (Lipinski definition) is 1. The topological polar surface area (TPSA) is 15.8 Å². The number of fused-ring (bicyclic) bond motifs is 1. The summed E-state index contributed by atoms with van der Waals surface area (Å²) in [5.41, 5.74) is 2.12. The van der Waals surface area contributed by atoms with Crippen molar-refractivity contribution in [1.82, 2.24) is 4.98 Å². The van der Waals surface area contributed by atoms with Gasteiger partial charge >= 0.3 is 0 Å². The fourth-order valence-electron chi connectivity index (χ4n) is 1.30. The molecular weight excluding hydrogens is 182 g/mol. The Morgan fingerprint density at radius 3 is 3.00 bits per heavy atom. The van der Waals surface area contributed by atoms with Gasteiger partial charge in [0.2, 0.25) is 0 Å². The minimum Gasteiger partial charge on any atom is -0.360 e. The number of halogens is 1. The van der Waals surface area contributed by atoms with E-state index in [-0.39, 0.29) is 0 Å². The molecule has 1 N–H and O–H groups in total. The third kappa shape index (κ3) is 1.54. The lowest BCUT2D eigenvalue weighted by Crippen LogP contribution is -1.69. The van der Waals surface area contributed by atoms with Crippen molar-refractivity contribution in [2.24, 2.45) is 0 Å². The molecule has 0 aliphatic rings. The first-order valence-electron chi connectivity index (χ1n) is 4.03. The maximum atomic E-state index is 5.49. The Labute approximate surface area is 81.7 Å². The van der Waals surface area contributed by atoms with Crippen LogP contribution >= 0.6 is 11.6 Å². The van der Waals surface area contributed by atoms with Gasteiger partial charge in [0.25, 0.3) is 0 Å². The predicted molar refractivity (Wildman–Crippen MR) is 55.9 cm³/mol. The van der Waals surface area contributed by atoms with E-state index in [0.29, 0.717) is 5.88 Å². The van der Waals surface area contributed by atoms with Crippen LogP contribution in [0, 0.1) is 11.8 Å². The zero-order chi connectivity index (χ0) is 9.10. The van der Waals surface area contributed by atoms with E-state index < -0.39 is 0 Å². The first-order chi connectivity index (χ1) is 6.42. The van der Waals surface area contributed by atoms with E-state index in [4.69, 9.17) is 11.6 Å². The summed E-state index contributed by atoms with van der Waals surface area (Å²) in [7, 11) is 0. The molecular formula is C11H8ClN. The summed E-state index contributed by atoms with van der Waals surface area (Å²) in [6.45, 7) is 0. The SMILES string of the molecule is ClCC#Cc1c[nH]c2ccccc12. The van der Waals surface area contributed by atoms with Crippen molar-refractivity contribution < 1.29 is 0 Å². The average Bonchev–Trinajstić information content (AvgIpc) is 2.58. The molecule has 0 spiro atoms. The molecule has 0 unspecified atom stereocenters. The smallest absolute Gasteiger partial charge is 0.0839 e. The van der Waals surface area contributed by atoms with E-state index in [1.165, 1.54) is 0 Å². The standard InChI is InChI=1S/C11H8ClN/c12-7-3-4-9-8-13-11-6-2-1-5-10(9)11/h1-2,5-6,8,13H,7H2. The van der Waals surface area contributed by atoms with E-state index in [2.05, 4.69) is 16.8 Å². The Bertz CT molecular complexity index is 473. The monoisotopic (exact) mass is 189 g/mol. The van der Waals surface area contributed by atoms with Crippen LogP contribution in [0.4, 0.5) is 0 Å². The summed E-state index contributed by atoms with van der Waals surface area (Å²) in [5.74, 6) is 6.22. The average molecular weight is 190 g/mol. The maximum absolute atomic E-state index is 5.49. The van der Waals surface area contributed by atoms with E-state index in [9.17, 15) is 0 Å². The van der Waals surface area contributed by atoms with E-state index >= 15 is 0 Å². The Hall–Kier alpha value is -1.39. The fourth-order valence-corrected chi connectivity index (χ4v) is 1.37. The highest BCUT2D eigenvalue weighted by atomic mass is 35.5. The maximum Gasteiger partial charge on any atom is 0.0839 e. The van der Waals surface area contributed by atoms with E-state index in [1.54, 1.807) is 0 Å². The molecule has 0 aliphatic carbocycles. The second kappa shape index (κ2) is 3.55. The van der Waals surface area contributed by atoms with Gasteiger partial charge in [0.15, 0.2) is 0 Å². The first-order valence-corrected chi connectivity index (χ1v) is 4.56. The largest absolute Gasteiger partial charge is 0.360 e. The van der Waals surface area contributed by atoms with Gasteiger partial charge in [-0.15, -0.1) is 11.6 Å². The van der Waals surface area contributed by atoms with Crippen LogP contribution in [0.1, 0.15) is 5.56 Å². The highest BCUT2D eigenvalue weighted by molar-refractivity contribution is 6.19. The Balaban J connectivity index is 2.58. The zero-order valence-electron chi connectivity index (χ0n) is 6.97. The number of rotatable bonds is 0. The van der Waals surface area contributed by atoms with Crippen LogP contribution < -0.4 is 0 Å². The second-order valence-electron chi connectivity index (χ2n) is 2.68. The molecule has 1 heterocycles. The number of benzene rings is 1. The minimum atomic E-state index is 0.375. The lowest BCUT2D eigenvalue weighted by Gasteiger charge is -1.87. The van der Waals surface area contributed by atoms with Gasteiger partial charge in [-0.1, -0.05) is 30.0 Å². The number of aromatic nitrogens is 1. The highest BCUT2D eigenvalue weighted by Gasteiger charge is 1.97. The molecule has 2 aromatic rings. The Morgan fingerprint density at radius 1 is 1.31 bits per heavy atom. The van der Waals surface area contributed by atoms with Gasteiger partial charge in [0, 0.05) is 22.7 Å². The Morgan fingerprint density at radius 2 is 2.15 bits per heavy atom. The van der Waals surface area contributed by atoms with Crippen LogP contribution in [-0.4, -0.2) is 10.9 Å². The third-order valence-electron chi connectivity index (χ3n) is 1.88. The van der Waals surface area contributed by atoms with Crippen molar-refractivity contribution in [2.75, 3.05) is 5.88 Å². The second-order valence-corrected chi connectivity index (χ2v) is 2.95. The quantitative estimate of drug-likeness (QED) is 0.485. The summed E-state index contributed by atoms with van der Waals surface area (Å²) in [4.78, 5) is 3.15. The molecule has 0 radical (unpaired) electrons. The Kier molecular flexibility index (Phi) is 2.25. The lowest BCUT2D eigenvalue weighted by molar-refractivity contribution is 1.47. The van der Waals surface area contributed by atoms with Gasteiger partial charge in [0.1, 0.15) is 0 Å². The van der Waals surface area contributed by atoms with Crippen LogP contribution in [0.3, 0.4) is 0 Å². The highest BCUT2D eigenvalue weighted by Crippen LogP contribution is 2.16. The van der Waals surface area contributed by atoms with Crippen LogP contribution in [0.25, 0.3) is 10.9 Å². The number of H-pyrrole nitrogens is 1. The van der Waals surface area contributed by atoms with Crippen LogP contribution in [0.15, 0.2) is 30.5 Å². The molecule has 2 rings (SSSR count). The summed E-state index contributed by atoms with van der Waals surface area (Å²) in [6.07, 6.45) is 1.91. The number of para-hydroxylation sites is 1. The van der Waals surface area contributed by atoms with Crippen LogP contribution in [0.5, 0.6) is 0 Å². The molecule has 1 aromatic heterocycles. The van der Waals surface area contributed by atoms with Gasteiger partial charge < -0.3 is 4.98 Å². The third-order valence-corrected chi connectivity index (χ3v) is 2.01. The number of alkyl halides is 1. The lowest BCUT2D eigenvalue weighted by atomic mass is 10.2. The minimum absolute atomic E-state index is 0.375. The van der Waals surface area contributed by atoms with Crippen molar-refractivity contribution in [3.8, 4) is 11.8 Å². The van der Waals surface area contributed by atoms with Crippen LogP contribution in [0.2, 0.25) is 0 Å². The van der Waals surface area contributed by atoms with Crippen molar-refractivity contribution in [1.29, 1.82) is 0 Å². The van der Waals surface area contributed by atoms with Gasteiger partial charge in [-0.2, -0.15) is 0 Å². The molecule has 1 aromatic carbocycles. The summed E-state index contributed by atoms with van der Waals surface area (Å²) < 4.78 is 0. The summed E-state index contributed by atoms with van der Waals surface area (Å²) in [5, 5.41) is 1.15. The molecule has 0 bridgehead atoms. The zero-order valence-corrected chi connectivity index (χ0v) is 7.73. The van der Waals surface area contributed by atoms with Gasteiger partial charge in [-0.3, -0.25) is 0 Å². The van der Waals surface area contributed by atoms with E-state index in [0.717, 1.165) is 16.5 Å². The molecule has 0 saturated heterocycles. The summed E-state index contributed by atoms with van der Waals surface area (Å²) >= 11 is 5.49. The van der Waals surface area contributed by atoms with E-state index in [1.807, 2.05) is 30.5 Å². The van der Waals surface area contributed by atoms with Gasteiger partial charge in [-0.25, -0.2) is 0 Å². The predicted octanol–water partition coefficient (Wildman–Crippen LogP) is 2.76. The first kappa shape index (κ1) is 8.22. The molecule has 2 heteroatoms. The van der Waals surface area contributed by atoms with Crippen molar-refractivity contribution >= 4 is 22.5 Å². The molecule has 0 saturated carbocycles. The van der Waals surface area contributed by atoms with Crippen molar-refractivity contribution in [2.45, 2.75) is 0 Å². The van der Waals surface area contributed by atoms with Crippen molar-refractivity contribution in [3.05, 3.63) is 36.0 Å². The molecule has 0 atom stereocenters. The van der Waals surface area contributed by atoms with Crippen molar-refractivity contribution in [3.63, 3.8) is 0 Å². The molecule has 13 heavy (non-hydrogen) atoms. The van der Waals surface area contributed by atoms with Gasteiger partial charge in [-0.05, 0) is 6.07 Å². The molecule has 0 fully saturated rings. The number of nitrogens with one attached hydrogen (secondary N) is 1. The number of hydrogen-bond acceptors (Lipinski definition) is 0. The normalized spacial score (nSPS) is 9.62. The number of aromatic amines is 1. The molecule has 1 nitrogen and oxygen atoms in total. The summed E-state index contributed by atoms with van der Waals surface area (Å²) in [6, 6.07) is 8.07. The molecule has 64 valence electrons. The van der Waals surface area contributed by atoms with Gasteiger partial charge in [0.05, 0.1) is 5.88 Å². The molecule has 0 aliphatic heterocycles.